The Kier molecular flexibility index (Phi) is 17.0. The molecule has 0 aliphatic rings. The number of guanidine groups is 1. The van der Waals surface area contributed by atoms with Gasteiger partial charge >= 0.3 is 0 Å². The Morgan fingerprint density at radius 3 is 2.68 bits per heavy atom. The van der Waals surface area contributed by atoms with E-state index in [1.807, 2.05) is 6.92 Å². The van der Waals surface area contributed by atoms with E-state index in [1.165, 1.54) is 0 Å². The number of nitrogens with one attached hydrogen (secondary N) is 2. The molecule has 0 aromatic heterocycles. The van der Waals surface area contributed by atoms with Crippen molar-refractivity contribution in [1.82, 2.24) is 15.5 Å². The smallest absolute Gasteiger partial charge is 0.192 e. The number of halogens is 1. The fourth-order valence-electron chi connectivity index (χ4n) is 1.40. The van der Waals surface area contributed by atoms with Gasteiger partial charge in [0.05, 0.1) is 13.1 Å². The number of nitrogens with zero attached hydrogens (tertiary/aromatic N) is 2. The number of ether oxygens (including phenoxy) is 1. The molecule has 112 valence electrons. The first-order valence-corrected chi connectivity index (χ1v) is 6.37. The second-order valence-electron chi connectivity index (χ2n) is 3.97. The number of hydrogen-bond acceptors (Lipinski definition) is 3. The van der Waals surface area contributed by atoms with E-state index < -0.39 is 0 Å². The summed E-state index contributed by atoms with van der Waals surface area (Å²) in [4.78, 5) is 6.69. The Balaban J connectivity index is 0. The molecule has 0 radical (unpaired) electrons. The number of likely N-dealkylation sites (N-methyl/N-ethyl adjacent to an activating group) is 1. The Labute approximate surface area is 134 Å². The standard InChI is InChI=1S/C13H26N4O.HI/c1-5-8-15-13(14-6-2)16-9-11-17(3)10-7-12-18-4;/h1H,6-12H2,2-4H3,(H2,14,15,16);1H. The number of aliphatic imine (C=N–C) groups is 1. The zero-order valence-electron chi connectivity index (χ0n) is 12.2. The Hall–Kier alpha value is -0.520. The van der Waals surface area contributed by atoms with Gasteiger partial charge in [-0.25, -0.2) is 0 Å². The summed E-state index contributed by atoms with van der Waals surface area (Å²) in [5.74, 6) is 3.31. The van der Waals surface area contributed by atoms with Gasteiger partial charge < -0.3 is 20.3 Å². The maximum absolute atomic E-state index is 5.20. The summed E-state index contributed by atoms with van der Waals surface area (Å²) in [6, 6.07) is 0. The highest BCUT2D eigenvalue weighted by molar-refractivity contribution is 14.0. The van der Waals surface area contributed by atoms with E-state index >= 15 is 0 Å². The molecule has 5 nitrogen and oxygen atoms in total. The van der Waals surface area contributed by atoms with Crippen LogP contribution in [-0.4, -0.2) is 64.3 Å². The van der Waals surface area contributed by atoms with Gasteiger partial charge in [-0.15, -0.1) is 30.4 Å². The second kappa shape index (κ2) is 15.5. The van der Waals surface area contributed by atoms with Crippen molar-refractivity contribution >= 4 is 29.9 Å². The van der Waals surface area contributed by atoms with E-state index in [-0.39, 0.29) is 24.0 Å². The van der Waals surface area contributed by atoms with Crippen LogP contribution in [0.1, 0.15) is 13.3 Å². The molecule has 0 aliphatic heterocycles. The van der Waals surface area contributed by atoms with Gasteiger partial charge in [0.2, 0.25) is 0 Å². The number of rotatable bonds is 9. The van der Waals surface area contributed by atoms with Crippen LogP contribution in [-0.2, 0) is 4.74 Å². The minimum absolute atomic E-state index is 0. The average molecular weight is 382 g/mol. The topological polar surface area (TPSA) is 48.9 Å². The van der Waals surface area contributed by atoms with Gasteiger partial charge in [-0.1, -0.05) is 5.92 Å². The molecule has 0 atom stereocenters. The van der Waals surface area contributed by atoms with Crippen LogP contribution >= 0.6 is 24.0 Å². The minimum Gasteiger partial charge on any atom is -0.385 e. The lowest BCUT2D eigenvalue weighted by Crippen LogP contribution is -2.38. The largest absolute Gasteiger partial charge is 0.385 e. The quantitative estimate of drug-likeness (QED) is 0.203. The Morgan fingerprint density at radius 1 is 1.37 bits per heavy atom. The zero-order chi connectivity index (χ0) is 13.6. The first kappa shape index (κ1) is 20.8. The predicted octanol–water partition coefficient (Wildman–Crippen LogP) is 0.761. The van der Waals surface area contributed by atoms with Gasteiger partial charge in [-0.05, 0) is 20.4 Å². The highest BCUT2D eigenvalue weighted by Crippen LogP contribution is 1.88. The van der Waals surface area contributed by atoms with Crippen LogP contribution in [0.25, 0.3) is 0 Å². The van der Waals surface area contributed by atoms with E-state index in [9.17, 15) is 0 Å². The maximum atomic E-state index is 5.20. The summed E-state index contributed by atoms with van der Waals surface area (Å²) in [7, 11) is 3.82. The molecule has 19 heavy (non-hydrogen) atoms. The first-order valence-electron chi connectivity index (χ1n) is 6.37. The highest BCUT2D eigenvalue weighted by Gasteiger charge is 1.98. The van der Waals surface area contributed by atoms with Crippen molar-refractivity contribution in [2.24, 2.45) is 4.99 Å². The molecule has 0 saturated heterocycles. The third kappa shape index (κ3) is 13.7. The van der Waals surface area contributed by atoms with Crippen molar-refractivity contribution in [2.45, 2.75) is 13.3 Å². The molecular weight excluding hydrogens is 355 g/mol. The van der Waals surface area contributed by atoms with Crippen LogP contribution in [0.3, 0.4) is 0 Å². The van der Waals surface area contributed by atoms with Gasteiger partial charge in [0.1, 0.15) is 0 Å². The van der Waals surface area contributed by atoms with E-state index in [2.05, 4.69) is 33.5 Å². The third-order valence-corrected chi connectivity index (χ3v) is 2.34. The summed E-state index contributed by atoms with van der Waals surface area (Å²) < 4.78 is 5.02. The fourth-order valence-corrected chi connectivity index (χ4v) is 1.40. The molecule has 0 bridgehead atoms. The van der Waals surface area contributed by atoms with Gasteiger partial charge in [-0.3, -0.25) is 4.99 Å². The Morgan fingerprint density at radius 2 is 2.11 bits per heavy atom. The molecular formula is C13H27IN4O. The van der Waals surface area contributed by atoms with E-state index in [1.54, 1.807) is 7.11 Å². The molecule has 0 saturated carbocycles. The van der Waals surface area contributed by atoms with Crippen LogP contribution in [0, 0.1) is 12.3 Å². The normalized spacial score (nSPS) is 10.8. The molecule has 0 fully saturated rings. The number of methoxy groups -OCH3 is 1. The molecule has 0 spiro atoms. The van der Waals surface area contributed by atoms with Gasteiger partial charge in [0.25, 0.3) is 0 Å². The van der Waals surface area contributed by atoms with Crippen molar-refractivity contribution in [3.8, 4) is 12.3 Å². The SMILES string of the molecule is C#CCNC(=NCCN(C)CCCOC)NCC.I. The molecule has 2 N–H and O–H groups in total. The van der Waals surface area contributed by atoms with Crippen molar-refractivity contribution in [3.63, 3.8) is 0 Å². The van der Waals surface area contributed by atoms with E-state index in [0.717, 1.165) is 45.2 Å². The van der Waals surface area contributed by atoms with Gasteiger partial charge in [0.15, 0.2) is 5.96 Å². The second-order valence-corrected chi connectivity index (χ2v) is 3.97. The highest BCUT2D eigenvalue weighted by atomic mass is 127. The van der Waals surface area contributed by atoms with Crippen molar-refractivity contribution in [3.05, 3.63) is 0 Å². The summed E-state index contributed by atoms with van der Waals surface area (Å²) in [6.07, 6.45) is 6.25. The lowest BCUT2D eigenvalue weighted by molar-refractivity contribution is 0.180. The van der Waals surface area contributed by atoms with Gasteiger partial charge in [-0.2, -0.15) is 0 Å². The van der Waals surface area contributed by atoms with E-state index in [4.69, 9.17) is 11.2 Å². The fraction of sp³-hybridized carbons (Fsp3) is 0.769. The first-order chi connectivity index (χ1) is 8.74. The lowest BCUT2D eigenvalue weighted by atomic mass is 10.4. The van der Waals surface area contributed by atoms with E-state index in [0.29, 0.717) is 6.54 Å². The number of terminal acetylenes is 1. The summed E-state index contributed by atoms with van der Waals surface area (Å²) in [6.45, 7) is 6.87. The van der Waals surface area contributed by atoms with Crippen LogP contribution in [0.5, 0.6) is 0 Å². The molecule has 0 heterocycles. The van der Waals surface area contributed by atoms with Crippen molar-refractivity contribution < 1.29 is 4.74 Å². The Bertz CT molecular complexity index is 266. The summed E-state index contributed by atoms with van der Waals surface area (Å²) in [5, 5.41) is 6.21. The third-order valence-electron chi connectivity index (χ3n) is 2.34. The molecule has 0 unspecified atom stereocenters. The maximum Gasteiger partial charge on any atom is 0.192 e. The predicted molar refractivity (Wildman–Crippen MR) is 92.2 cm³/mol. The molecule has 0 aliphatic carbocycles. The molecule has 6 heteroatoms. The molecule has 0 amide bonds. The van der Waals surface area contributed by atoms with Crippen molar-refractivity contribution in [1.29, 1.82) is 0 Å². The monoisotopic (exact) mass is 382 g/mol. The molecule has 0 aromatic rings. The lowest BCUT2D eigenvalue weighted by Gasteiger charge is -2.15. The van der Waals surface area contributed by atoms with Gasteiger partial charge in [0, 0.05) is 33.4 Å². The van der Waals surface area contributed by atoms with Crippen molar-refractivity contribution in [2.75, 3.05) is 53.5 Å². The molecule has 0 rings (SSSR count). The zero-order valence-corrected chi connectivity index (χ0v) is 14.6. The van der Waals surface area contributed by atoms with Crippen LogP contribution in [0.2, 0.25) is 0 Å². The van der Waals surface area contributed by atoms with Crippen LogP contribution in [0.4, 0.5) is 0 Å². The average Bonchev–Trinajstić information content (AvgIpc) is 2.36. The summed E-state index contributed by atoms with van der Waals surface area (Å²) in [5.41, 5.74) is 0. The minimum atomic E-state index is 0. The van der Waals surface area contributed by atoms with Crippen LogP contribution < -0.4 is 10.6 Å². The number of hydrogen-bond donors (Lipinski definition) is 2. The van der Waals surface area contributed by atoms with Crippen LogP contribution in [0.15, 0.2) is 4.99 Å². The summed E-state index contributed by atoms with van der Waals surface area (Å²) >= 11 is 0. The molecule has 0 aromatic carbocycles.